The predicted molar refractivity (Wildman–Crippen MR) is 124 cm³/mol. The highest BCUT2D eigenvalue weighted by atomic mass is 19.2. The Labute approximate surface area is 202 Å². The van der Waals surface area contributed by atoms with Crippen molar-refractivity contribution in [3.63, 3.8) is 0 Å². The molecule has 35 heavy (non-hydrogen) atoms. The topological polar surface area (TPSA) is 59.7 Å². The second-order valence-corrected chi connectivity index (χ2v) is 10.3. The van der Waals surface area contributed by atoms with Crippen LogP contribution in [0.4, 0.5) is 19.0 Å². The molecule has 6 nitrogen and oxygen atoms in total. The quantitative estimate of drug-likeness (QED) is 0.500. The fourth-order valence-electron chi connectivity index (χ4n) is 6.44. The van der Waals surface area contributed by atoms with Gasteiger partial charge in [-0.05, 0) is 56.4 Å². The Morgan fingerprint density at radius 3 is 2.54 bits per heavy atom. The summed E-state index contributed by atoms with van der Waals surface area (Å²) in [6, 6.07) is 4.41. The Morgan fingerprint density at radius 1 is 0.971 bits per heavy atom. The van der Waals surface area contributed by atoms with Crippen molar-refractivity contribution >= 4 is 5.82 Å². The minimum Gasteiger partial charge on any atom is -0.356 e. The average molecular weight is 483 g/mol. The molecular formula is C26H29F3N6. The monoisotopic (exact) mass is 482 g/mol. The molecule has 2 fully saturated rings. The van der Waals surface area contributed by atoms with Crippen LogP contribution in [0.25, 0.3) is 0 Å². The summed E-state index contributed by atoms with van der Waals surface area (Å²) in [6.45, 7) is 4.63. The fraction of sp³-hybridized carbons (Fsp3) is 0.538. The first-order chi connectivity index (χ1) is 17.0. The van der Waals surface area contributed by atoms with Crippen LogP contribution in [-0.2, 0) is 13.0 Å². The van der Waals surface area contributed by atoms with Crippen molar-refractivity contribution in [2.45, 2.75) is 57.9 Å². The Kier molecular flexibility index (Phi) is 5.73. The Morgan fingerprint density at radius 2 is 1.77 bits per heavy atom. The fourth-order valence-corrected chi connectivity index (χ4v) is 6.44. The van der Waals surface area contributed by atoms with Gasteiger partial charge in [-0.15, -0.1) is 0 Å². The van der Waals surface area contributed by atoms with Crippen molar-refractivity contribution in [3.8, 4) is 0 Å². The van der Waals surface area contributed by atoms with E-state index in [1.54, 1.807) is 6.33 Å². The molecule has 3 aromatic rings. The van der Waals surface area contributed by atoms with Gasteiger partial charge in [-0.1, -0.05) is 12.5 Å². The van der Waals surface area contributed by atoms with E-state index in [-0.39, 0.29) is 5.56 Å². The van der Waals surface area contributed by atoms with Gasteiger partial charge < -0.3 is 4.90 Å². The number of hydrogen-bond acceptors (Lipinski definition) is 5. The minimum absolute atomic E-state index is 0.166. The van der Waals surface area contributed by atoms with Gasteiger partial charge in [-0.2, -0.15) is 5.10 Å². The van der Waals surface area contributed by atoms with Gasteiger partial charge >= 0.3 is 0 Å². The van der Waals surface area contributed by atoms with Crippen LogP contribution in [0.15, 0.2) is 24.5 Å². The molecular weight excluding hydrogens is 453 g/mol. The van der Waals surface area contributed by atoms with E-state index in [4.69, 9.17) is 10.1 Å². The normalized spacial score (nSPS) is 26.0. The molecule has 2 unspecified atom stereocenters. The number of fused-ring (bicyclic) bond motifs is 3. The van der Waals surface area contributed by atoms with Crippen molar-refractivity contribution < 1.29 is 13.2 Å². The zero-order valence-corrected chi connectivity index (χ0v) is 19.8. The first-order valence-electron chi connectivity index (χ1n) is 12.6. The molecule has 1 aromatic carbocycles. The van der Waals surface area contributed by atoms with Crippen molar-refractivity contribution in [2.75, 3.05) is 18.0 Å². The van der Waals surface area contributed by atoms with Crippen LogP contribution in [0.2, 0.25) is 0 Å². The molecule has 0 N–H and O–H groups in total. The van der Waals surface area contributed by atoms with Crippen LogP contribution in [0, 0.1) is 42.1 Å². The minimum atomic E-state index is -1.42. The van der Waals surface area contributed by atoms with E-state index in [2.05, 4.69) is 14.9 Å². The van der Waals surface area contributed by atoms with E-state index in [9.17, 15) is 13.2 Å². The smallest absolute Gasteiger partial charge is 0.194 e. The first kappa shape index (κ1) is 22.5. The molecule has 0 amide bonds. The lowest BCUT2D eigenvalue weighted by atomic mass is 9.82. The van der Waals surface area contributed by atoms with Crippen LogP contribution in [0.3, 0.4) is 0 Å². The zero-order valence-electron chi connectivity index (χ0n) is 19.8. The van der Waals surface area contributed by atoms with E-state index >= 15 is 0 Å². The van der Waals surface area contributed by atoms with Gasteiger partial charge in [-0.25, -0.2) is 32.8 Å². The molecule has 0 radical (unpaired) electrons. The summed E-state index contributed by atoms with van der Waals surface area (Å²) in [5.74, 6) is -0.0753. The van der Waals surface area contributed by atoms with Gasteiger partial charge in [0.05, 0.1) is 0 Å². The summed E-state index contributed by atoms with van der Waals surface area (Å²) in [6.07, 6.45) is 7.20. The maximum atomic E-state index is 14.7. The Bertz CT molecular complexity index is 1230. The van der Waals surface area contributed by atoms with Crippen molar-refractivity contribution in [1.29, 1.82) is 0 Å². The first-order valence-corrected chi connectivity index (χ1v) is 12.6. The lowest BCUT2D eigenvalue weighted by Crippen LogP contribution is -2.43. The number of hydrogen-bond donors (Lipinski definition) is 0. The molecule has 2 aliphatic heterocycles. The molecule has 4 heterocycles. The molecule has 1 saturated carbocycles. The summed E-state index contributed by atoms with van der Waals surface area (Å²) >= 11 is 0. The SMILES string of the molecule is Cc1cc(N2C[C@H]3CC[C@@H](C2)C3Cc2nc3n(n2)CCCCC3c2ccc(F)c(F)c2F)ncn1. The van der Waals surface area contributed by atoms with Gasteiger partial charge in [0.1, 0.15) is 18.0 Å². The van der Waals surface area contributed by atoms with Crippen molar-refractivity contribution in [2.24, 2.45) is 17.8 Å². The van der Waals surface area contributed by atoms with E-state index in [1.165, 1.54) is 18.9 Å². The third-order valence-electron chi connectivity index (χ3n) is 8.17. The summed E-state index contributed by atoms with van der Waals surface area (Å²) in [7, 11) is 0. The van der Waals surface area contributed by atoms with E-state index < -0.39 is 23.4 Å². The third kappa shape index (κ3) is 4.08. The molecule has 4 atom stereocenters. The largest absolute Gasteiger partial charge is 0.356 e. The predicted octanol–water partition coefficient (Wildman–Crippen LogP) is 4.81. The van der Waals surface area contributed by atoms with Gasteiger partial charge in [0.2, 0.25) is 0 Å². The number of halogens is 3. The molecule has 2 bridgehead atoms. The van der Waals surface area contributed by atoms with Crippen LogP contribution in [0.5, 0.6) is 0 Å². The van der Waals surface area contributed by atoms with Crippen molar-refractivity contribution in [1.82, 2.24) is 24.7 Å². The summed E-state index contributed by atoms with van der Waals surface area (Å²) < 4.78 is 44.1. The summed E-state index contributed by atoms with van der Waals surface area (Å²) in [5, 5.41) is 4.82. The Balaban J connectivity index is 1.24. The van der Waals surface area contributed by atoms with E-state index in [0.717, 1.165) is 55.8 Å². The maximum Gasteiger partial charge on any atom is 0.194 e. The number of benzene rings is 1. The van der Waals surface area contributed by atoms with E-state index in [1.807, 2.05) is 17.7 Å². The van der Waals surface area contributed by atoms with Crippen LogP contribution >= 0.6 is 0 Å². The van der Waals surface area contributed by atoms with Crippen LogP contribution in [-0.4, -0.2) is 37.8 Å². The molecule has 2 aromatic heterocycles. The number of aromatic nitrogens is 5. The van der Waals surface area contributed by atoms with Crippen LogP contribution in [0.1, 0.15) is 60.9 Å². The van der Waals surface area contributed by atoms with Gasteiger partial charge in [0.15, 0.2) is 23.3 Å². The number of piperidine rings is 1. The Hall–Kier alpha value is -2.97. The van der Waals surface area contributed by atoms with Crippen LogP contribution < -0.4 is 4.90 Å². The molecule has 9 heteroatoms. The molecule has 184 valence electrons. The maximum absolute atomic E-state index is 14.7. The molecule has 3 aliphatic rings. The molecule has 6 rings (SSSR count). The summed E-state index contributed by atoms with van der Waals surface area (Å²) in [5.41, 5.74) is 1.14. The average Bonchev–Trinajstić information content (AvgIpc) is 3.25. The van der Waals surface area contributed by atoms with Gasteiger partial charge in [-0.3, -0.25) is 0 Å². The number of aryl methyl sites for hydroxylation is 2. The van der Waals surface area contributed by atoms with Crippen molar-refractivity contribution in [3.05, 3.63) is 64.9 Å². The standard InChI is InChI=1S/C26H29F3N6/c1-15-10-23(31-14-30-15)34-12-16-5-6-17(13-34)20(16)11-22-32-26-19(4-2-3-9-35(26)33-22)18-7-8-21(27)25(29)24(18)28/h7-8,10,14,16-17,19-20H,2-6,9,11-13H2,1H3/t16-,17+,19?,20?. The number of nitrogens with zero attached hydrogens (tertiary/aromatic N) is 6. The highest BCUT2D eigenvalue weighted by Gasteiger charge is 2.43. The zero-order chi connectivity index (χ0) is 24.1. The molecule has 1 aliphatic carbocycles. The lowest BCUT2D eigenvalue weighted by molar-refractivity contribution is 0.264. The highest BCUT2D eigenvalue weighted by molar-refractivity contribution is 5.40. The lowest BCUT2D eigenvalue weighted by Gasteiger charge is -2.38. The number of anilines is 1. The second-order valence-electron chi connectivity index (χ2n) is 10.3. The molecule has 1 saturated heterocycles. The highest BCUT2D eigenvalue weighted by Crippen LogP contribution is 2.44. The molecule has 0 spiro atoms. The van der Waals surface area contributed by atoms with E-state index in [0.29, 0.717) is 36.5 Å². The number of rotatable bonds is 4. The second kappa shape index (κ2) is 8.91. The van der Waals surface area contributed by atoms with Gasteiger partial charge in [0.25, 0.3) is 0 Å². The van der Waals surface area contributed by atoms with Gasteiger partial charge in [0, 0.05) is 49.3 Å². The third-order valence-corrected chi connectivity index (χ3v) is 8.17. The summed E-state index contributed by atoms with van der Waals surface area (Å²) in [4.78, 5) is 16.0.